The number of amides is 2. The smallest absolute Gasteiger partial charge is 0.406 e. The van der Waals surface area contributed by atoms with Gasteiger partial charge in [-0.1, -0.05) is 22.0 Å². The number of rotatable bonds is 4. The first-order chi connectivity index (χ1) is 8.13. The van der Waals surface area contributed by atoms with Gasteiger partial charge >= 0.3 is 6.09 Å². The topological polar surface area (TPSA) is 67.4 Å². The highest BCUT2D eigenvalue weighted by atomic mass is 79.9. The number of methoxy groups -OCH3 is 1. The lowest BCUT2D eigenvalue weighted by atomic mass is 10.2. The van der Waals surface area contributed by atoms with Crippen molar-refractivity contribution in [3.05, 3.63) is 34.3 Å². The first-order valence-electron chi connectivity index (χ1n) is 4.99. The van der Waals surface area contributed by atoms with Crippen molar-refractivity contribution >= 4 is 27.9 Å². The molecule has 92 valence electrons. The standard InChI is InChI=1S/C11H13BrN2O3/c1-17-11(16)14-6-5-13-10(15)8-3-2-4-9(12)7-8/h2-4,7H,5-6H2,1H3,(H,13,15)(H,14,16). The van der Waals surface area contributed by atoms with Crippen molar-refractivity contribution < 1.29 is 14.3 Å². The lowest BCUT2D eigenvalue weighted by molar-refractivity contribution is 0.0953. The van der Waals surface area contributed by atoms with Gasteiger partial charge < -0.3 is 15.4 Å². The third-order valence-electron chi connectivity index (χ3n) is 1.95. The fraction of sp³-hybridized carbons (Fsp3) is 0.273. The van der Waals surface area contributed by atoms with E-state index in [-0.39, 0.29) is 5.91 Å². The fourth-order valence-electron chi connectivity index (χ4n) is 1.14. The van der Waals surface area contributed by atoms with Crippen LogP contribution in [0.3, 0.4) is 0 Å². The molecule has 2 N–H and O–H groups in total. The van der Waals surface area contributed by atoms with Crippen LogP contribution in [0.1, 0.15) is 10.4 Å². The first kappa shape index (κ1) is 13.5. The van der Waals surface area contributed by atoms with Crippen molar-refractivity contribution in [1.29, 1.82) is 0 Å². The van der Waals surface area contributed by atoms with Crippen LogP contribution in [0.5, 0.6) is 0 Å². The van der Waals surface area contributed by atoms with Crippen molar-refractivity contribution in [2.24, 2.45) is 0 Å². The minimum absolute atomic E-state index is 0.182. The maximum absolute atomic E-state index is 11.6. The third-order valence-corrected chi connectivity index (χ3v) is 2.45. The summed E-state index contributed by atoms with van der Waals surface area (Å²) in [5.41, 5.74) is 0.567. The van der Waals surface area contributed by atoms with E-state index in [1.165, 1.54) is 7.11 Å². The van der Waals surface area contributed by atoms with E-state index in [4.69, 9.17) is 0 Å². The van der Waals surface area contributed by atoms with Crippen LogP contribution in [0, 0.1) is 0 Å². The summed E-state index contributed by atoms with van der Waals surface area (Å²) in [6.45, 7) is 0.673. The number of benzene rings is 1. The fourth-order valence-corrected chi connectivity index (χ4v) is 1.54. The lowest BCUT2D eigenvalue weighted by Gasteiger charge is -2.06. The Morgan fingerprint density at radius 3 is 2.65 bits per heavy atom. The van der Waals surface area contributed by atoms with Gasteiger partial charge in [0.1, 0.15) is 0 Å². The minimum Gasteiger partial charge on any atom is -0.453 e. The number of nitrogens with one attached hydrogen (secondary N) is 2. The number of hydrogen-bond donors (Lipinski definition) is 2. The zero-order valence-electron chi connectivity index (χ0n) is 9.33. The van der Waals surface area contributed by atoms with Crippen LogP contribution in [-0.2, 0) is 4.74 Å². The van der Waals surface area contributed by atoms with Crippen LogP contribution in [0.4, 0.5) is 4.79 Å². The van der Waals surface area contributed by atoms with Crippen molar-refractivity contribution in [3.63, 3.8) is 0 Å². The molecule has 0 atom stereocenters. The number of hydrogen-bond acceptors (Lipinski definition) is 3. The molecule has 0 unspecified atom stereocenters. The zero-order chi connectivity index (χ0) is 12.7. The van der Waals surface area contributed by atoms with Crippen LogP contribution in [0.2, 0.25) is 0 Å². The molecule has 0 bridgehead atoms. The average molecular weight is 301 g/mol. The van der Waals surface area contributed by atoms with Gasteiger partial charge in [0.2, 0.25) is 0 Å². The molecular formula is C11H13BrN2O3. The Morgan fingerprint density at radius 1 is 1.29 bits per heavy atom. The van der Waals surface area contributed by atoms with Crippen LogP contribution >= 0.6 is 15.9 Å². The summed E-state index contributed by atoms with van der Waals surface area (Å²) in [5.74, 6) is -0.182. The Hall–Kier alpha value is -1.56. The Bertz CT molecular complexity index is 409. The van der Waals surface area contributed by atoms with E-state index in [0.717, 1.165) is 4.47 Å². The normalized spacial score (nSPS) is 9.53. The summed E-state index contributed by atoms with van der Waals surface area (Å²) >= 11 is 3.29. The van der Waals surface area contributed by atoms with E-state index in [0.29, 0.717) is 18.7 Å². The summed E-state index contributed by atoms with van der Waals surface area (Å²) < 4.78 is 5.23. The van der Waals surface area contributed by atoms with Crippen molar-refractivity contribution in [1.82, 2.24) is 10.6 Å². The van der Waals surface area contributed by atoms with E-state index in [9.17, 15) is 9.59 Å². The van der Waals surface area contributed by atoms with Gasteiger partial charge in [0.05, 0.1) is 7.11 Å². The summed E-state index contributed by atoms with van der Waals surface area (Å²) in [5, 5.41) is 5.14. The number of alkyl carbamates (subject to hydrolysis) is 1. The van der Waals surface area contributed by atoms with Crippen LogP contribution in [0.15, 0.2) is 28.7 Å². The highest BCUT2D eigenvalue weighted by Gasteiger charge is 2.05. The van der Waals surface area contributed by atoms with Crippen LogP contribution in [0.25, 0.3) is 0 Å². The van der Waals surface area contributed by atoms with Gasteiger partial charge in [-0.2, -0.15) is 0 Å². The van der Waals surface area contributed by atoms with Crippen molar-refractivity contribution in [3.8, 4) is 0 Å². The highest BCUT2D eigenvalue weighted by molar-refractivity contribution is 9.10. The second-order valence-electron chi connectivity index (χ2n) is 3.18. The predicted octanol–water partition coefficient (Wildman–Crippen LogP) is 1.53. The maximum atomic E-state index is 11.6. The molecule has 0 spiro atoms. The molecule has 0 radical (unpaired) electrons. The molecule has 0 aliphatic rings. The van der Waals surface area contributed by atoms with Gasteiger partial charge in [0.25, 0.3) is 5.91 Å². The quantitative estimate of drug-likeness (QED) is 0.829. The van der Waals surface area contributed by atoms with Gasteiger partial charge in [-0.05, 0) is 18.2 Å². The predicted molar refractivity (Wildman–Crippen MR) is 66.9 cm³/mol. The largest absolute Gasteiger partial charge is 0.453 e. The summed E-state index contributed by atoms with van der Waals surface area (Å²) in [6, 6.07) is 7.07. The van der Waals surface area contributed by atoms with E-state index >= 15 is 0 Å². The van der Waals surface area contributed by atoms with Crippen LogP contribution < -0.4 is 10.6 Å². The lowest BCUT2D eigenvalue weighted by Crippen LogP contribution is -2.34. The molecule has 1 aromatic carbocycles. The molecule has 0 aliphatic heterocycles. The number of halogens is 1. The maximum Gasteiger partial charge on any atom is 0.406 e. The molecular weight excluding hydrogens is 288 g/mol. The van der Waals surface area contributed by atoms with E-state index in [1.807, 2.05) is 6.07 Å². The molecule has 0 saturated heterocycles. The summed E-state index contributed by atoms with van der Waals surface area (Å²) in [7, 11) is 1.29. The van der Waals surface area contributed by atoms with Gasteiger partial charge in [-0.15, -0.1) is 0 Å². The second-order valence-corrected chi connectivity index (χ2v) is 4.10. The second kappa shape index (κ2) is 6.90. The summed E-state index contributed by atoms with van der Waals surface area (Å²) in [4.78, 5) is 22.4. The van der Waals surface area contributed by atoms with Gasteiger partial charge in [-0.25, -0.2) is 4.79 Å². The summed E-state index contributed by atoms with van der Waals surface area (Å²) in [6.07, 6.45) is -0.512. The Kier molecular flexibility index (Phi) is 5.48. The minimum atomic E-state index is -0.512. The van der Waals surface area contributed by atoms with Gasteiger partial charge in [0.15, 0.2) is 0 Å². The molecule has 0 saturated carbocycles. The number of ether oxygens (including phenoxy) is 1. The van der Waals surface area contributed by atoms with Gasteiger partial charge in [0, 0.05) is 23.1 Å². The first-order valence-corrected chi connectivity index (χ1v) is 5.78. The molecule has 0 aromatic heterocycles. The van der Waals surface area contributed by atoms with E-state index < -0.39 is 6.09 Å². The SMILES string of the molecule is COC(=O)NCCNC(=O)c1cccc(Br)c1. The molecule has 2 amide bonds. The third kappa shape index (κ3) is 4.86. The zero-order valence-corrected chi connectivity index (χ0v) is 10.9. The molecule has 0 heterocycles. The number of carbonyl (C=O) groups excluding carboxylic acids is 2. The average Bonchev–Trinajstić information content (AvgIpc) is 2.34. The Balaban J connectivity index is 2.33. The van der Waals surface area contributed by atoms with E-state index in [2.05, 4.69) is 31.3 Å². The van der Waals surface area contributed by atoms with Gasteiger partial charge in [-0.3, -0.25) is 4.79 Å². The highest BCUT2D eigenvalue weighted by Crippen LogP contribution is 2.11. The molecule has 1 aromatic rings. The molecule has 0 aliphatic carbocycles. The molecule has 6 heteroatoms. The van der Waals surface area contributed by atoms with Crippen molar-refractivity contribution in [2.45, 2.75) is 0 Å². The monoisotopic (exact) mass is 300 g/mol. The van der Waals surface area contributed by atoms with E-state index in [1.54, 1.807) is 18.2 Å². The molecule has 5 nitrogen and oxygen atoms in total. The molecule has 0 fully saturated rings. The molecule has 1 rings (SSSR count). The Morgan fingerprint density at radius 2 is 2.00 bits per heavy atom. The van der Waals surface area contributed by atoms with Crippen LogP contribution in [-0.4, -0.2) is 32.2 Å². The molecule has 17 heavy (non-hydrogen) atoms. The number of carbonyl (C=O) groups is 2. The Labute approximate surface area is 108 Å². The van der Waals surface area contributed by atoms with Crippen molar-refractivity contribution in [2.75, 3.05) is 20.2 Å².